The van der Waals surface area contributed by atoms with Gasteiger partial charge in [0.15, 0.2) is 0 Å². The maximum atomic E-state index is 13.4. The molecule has 1 atom stereocenters. The minimum Gasteiger partial charge on any atom is -0.348 e. The second-order valence-corrected chi connectivity index (χ2v) is 6.74. The topological polar surface area (TPSA) is 37.3 Å². The van der Waals surface area contributed by atoms with Crippen LogP contribution in [0, 0.1) is 5.82 Å². The Hall–Kier alpha value is -3.08. The maximum absolute atomic E-state index is 13.4. The number of benzene rings is 2. The van der Waals surface area contributed by atoms with Crippen LogP contribution in [0.15, 0.2) is 72.9 Å². The molecule has 4 nitrogen and oxygen atoms in total. The van der Waals surface area contributed by atoms with Crippen LogP contribution in [0.5, 0.6) is 0 Å². The van der Waals surface area contributed by atoms with Crippen molar-refractivity contribution in [2.45, 2.75) is 19.0 Å². The summed E-state index contributed by atoms with van der Waals surface area (Å²) in [5.74, 6) is -0.274. The summed E-state index contributed by atoms with van der Waals surface area (Å²) in [6.45, 7) is 1.95. The zero-order chi connectivity index (χ0) is 18.6. The molecule has 1 N–H and O–H groups in total. The Morgan fingerprint density at radius 1 is 1.00 bits per heavy atom. The summed E-state index contributed by atoms with van der Waals surface area (Å²) >= 11 is 0. The monoisotopic (exact) mass is 363 g/mol. The van der Waals surface area contributed by atoms with Gasteiger partial charge in [-0.3, -0.25) is 0 Å². The molecular weight excluding hydrogens is 341 g/mol. The fraction of sp³-hybridized carbons (Fsp3) is 0.227. The fourth-order valence-corrected chi connectivity index (χ4v) is 3.66. The van der Waals surface area contributed by atoms with Crippen LogP contribution in [-0.4, -0.2) is 28.6 Å². The predicted molar refractivity (Wildman–Crippen MR) is 103 cm³/mol. The number of fused-ring (bicyclic) bond motifs is 1. The van der Waals surface area contributed by atoms with Crippen LogP contribution in [0.1, 0.15) is 22.9 Å². The van der Waals surface area contributed by atoms with Crippen LogP contribution in [0.4, 0.5) is 9.18 Å². The summed E-state index contributed by atoms with van der Waals surface area (Å²) < 4.78 is 15.5. The average molecular weight is 363 g/mol. The SMILES string of the molecule is O=C(NCCc1ccccc1)N1CCn2cccc2C1c1ccc(F)cc1. The molecule has 5 heteroatoms. The molecule has 2 aromatic carbocycles. The smallest absolute Gasteiger partial charge is 0.318 e. The van der Waals surface area contributed by atoms with E-state index in [1.54, 1.807) is 12.1 Å². The van der Waals surface area contributed by atoms with Gasteiger partial charge >= 0.3 is 6.03 Å². The van der Waals surface area contributed by atoms with Crippen LogP contribution < -0.4 is 5.32 Å². The molecule has 2 amide bonds. The van der Waals surface area contributed by atoms with Gasteiger partial charge in [0.1, 0.15) is 5.82 Å². The van der Waals surface area contributed by atoms with E-state index >= 15 is 0 Å². The van der Waals surface area contributed by atoms with Crippen LogP contribution in [0.3, 0.4) is 0 Å². The van der Waals surface area contributed by atoms with E-state index in [0.717, 1.165) is 24.2 Å². The lowest BCUT2D eigenvalue weighted by atomic mass is 10.0. The van der Waals surface area contributed by atoms with Crippen molar-refractivity contribution in [3.05, 3.63) is 95.6 Å². The van der Waals surface area contributed by atoms with Gasteiger partial charge in [0, 0.05) is 31.5 Å². The zero-order valence-corrected chi connectivity index (χ0v) is 15.0. The molecule has 1 aromatic heterocycles. The second kappa shape index (κ2) is 7.66. The van der Waals surface area contributed by atoms with Crippen molar-refractivity contribution in [2.75, 3.05) is 13.1 Å². The number of amides is 2. The number of aromatic nitrogens is 1. The first-order valence-electron chi connectivity index (χ1n) is 9.21. The number of carbonyl (C=O) groups is 1. The van der Waals surface area contributed by atoms with Gasteiger partial charge in [-0.05, 0) is 41.8 Å². The zero-order valence-electron chi connectivity index (χ0n) is 15.0. The summed E-state index contributed by atoms with van der Waals surface area (Å²) in [6, 6.07) is 20.2. The van der Waals surface area contributed by atoms with Gasteiger partial charge in [-0.25, -0.2) is 9.18 Å². The van der Waals surface area contributed by atoms with E-state index in [1.807, 2.05) is 41.4 Å². The summed E-state index contributed by atoms with van der Waals surface area (Å²) in [5.41, 5.74) is 3.15. The van der Waals surface area contributed by atoms with E-state index in [1.165, 1.54) is 17.7 Å². The van der Waals surface area contributed by atoms with E-state index in [-0.39, 0.29) is 17.9 Å². The van der Waals surface area contributed by atoms with E-state index < -0.39 is 0 Å². The van der Waals surface area contributed by atoms with E-state index in [0.29, 0.717) is 13.1 Å². The molecule has 1 unspecified atom stereocenters. The van der Waals surface area contributed by atoms with Crippen LogP contribution in [0.25, 0.3) is 0 Å². The van der Waals surface area contributed by atoms with Gasteiger partial charge in [-0.15, -0.1) is 0 Å². The number of carbonyl (C=O) groups excluding carboxylic acids is 1. The Morgan fingerprint density at radius 3 is 2.56 bits per heavy atom. The highest BCUT2D eigenvalue weighted by atomic mass is 19.1. The lowest BCUT2D eigenvalue weighted by Crippen LogP contribution is -2.47. The molecule has 0 spiro atoms. The Balaban J connectivity index is 1.51. The third kappa shape index (κ3) is 3.72. The first kappa shape index (κ1) is 17.3. The first-order valence-corrected chi connectivity index (χ1v) is 9.21. The number of nitrogens with one attached hydrogen (secondary N) is 1. The van der Waals surface area contributed by atoms with Gasteiger partial charge < -0.3 is 14.8 Å². The van der Waals surface area contributed by atoms with Crippen LogP contribution >= 0.6 is 0 Å². The van der Waals surface area contributed by atoms with Crippen LogP contribution in [-0.2, 0) is 13.0 Å². The fourth-order valence-electron chi connectivity index (χ4n) is 3.66. The third-order valence-corrected chi connectivity index (χ3v) is 5.02. The normalized spacial score (nSPS) is 16.0. The van der Waals surface area contributed by atoms with E-state index in [9.17, 15) is 9.18 Å². The van der Waals surface area contributed by atoms with Gasteiger partial charge in [0.05, 0.1) is 6.04 Å². The van der Waals surface area contributed by atoms with Gasteiger partial charge in [-0.1, -0.05) is 42.5 Å². The molecule has 1 aliphatic rings. The molecule has 138 valence electrons. The summed E-state index contributed by atoms with van der Waals surface area (Å²) in [6.07, 6.45) is 2.81. The summed E-state index contributed by atoms with van der Waals surface area (Å²) in [4.78, 5) is 14.7. The Bertz CT molecular complexity index is 905. The lowest BCUT2D eigenvalue weighted by Gasteiger charge is -2.37. The molecule has 3 aromatic rings. The Morgan fingerprint density at radius 2 is 1.78 bits per heavy atom. The van der Waals surface area contributed by atoms with Crippen LogP contribution in [0.2, 0.25) is 0 Å². The van der Waals surface area contributed by atoms with Crippen molar-refractivity contribution in [3.63, 3.8) is 0 Å². The number of urea groups is 1. The van der Waals surface area contributed by atoms with E-state index in [2.05, 4.69) is 22.0 Å². The first-order chi connectivity index (χ1) is 13.2. The quantitative estimate of drug-likeness (QED) is 0.748. The highest BCUT2D eigenvalue weighted by Gasteiger charge is 2.31. The van der Waals surface area contributed by atoms with Crippen molar-refractivity contribution in [1.82, 2.24) is 14.8 Å². The number of hydrogen-bond acceptors (Lipinski definition) is 1. The van der Waals surface area contributed by atoms with Gasteiger partial charge in [0.2, 0.25) is 0 Å². The third-order valence-electron chi connectivity index (χ3n) is 5.02. The maximum Gasteiger partial charge on any atom is 0.318 e. The standard InChI is InChI=1S/C22H22FN3O/c23-19-10-8-18(9-11-19)21-20-7-4-14-25(20)15-16-26(21)22(27)24-13-12-17-5-2-1-3-6-17/h1-11,14,21H,12-13,15-16H2,(H,24,27). The van der Waals surface area contributed by atoms with Crippen molar-refractivity contribution in [1.29, 1.82) is 0 Å². The number of rotatable bonds is 4. The van der Waals surface area contributed by atoms with Crippen molar-refractivity contribution >= 4 is 6.03 Å². The molecule has 0 aliphatic carbocycles. The largest absolute Gasteiger partial charge is 0.348 e. The summed E-state index contributed by atoms with van der Waals surface area (Å²) in [5, 5.41) is 3.04. The molecule has 0 bridgehead atoms. The van der Waals surface area contributed by atoms with Gasteiger partial charge in [0.25, 0.3) is 0 Å². The second-order valence-electron chi connectivity index (χ2n) is 6.74. The molecule has 0 radical (unpaired) electrons. The molecule has 2 heterocycles. The van der Waals surface area contributed by atoms with Gasteiger partial charge in [-0.2, -0.15) is 0 Å². The highest BCUT2D eigenvalue weighted by molar-refractivity contribution is 5.75. The predicted octanol–water partition coefficient (Wildman–Crippen LogP) is 3.98. The lowest BCUT2D eigenvalue weighted by molar-refractivity contribution is 0.169. The molecule has 27 heavy (non-hydrogen) atoms. The number of halogens is 1. The molecule has 4 rings (SSSR count). The van der Waals surface area contributed by atoms with Crippen molar-refractivity contribution in [2.24, 2.45) is 0 Å². The average Bonchev–Trinajstić information content (AvgIpc) is 3.17. The minimum atomic E-state index is -0.274. The molecule has 0 saturated carbocycles. The molecule has 0 saturated heterocycles. The highest BCUT2D eigenvalue weighted by Crippen LogP contribution is 2.32. The molecule has 0 fully saturated rings. The van der Waals surface area contributed by atoms with E-state index in [4.69, 9.17) is 0 Å². The molecule has 1 aliphatic heterocycles. The number of hydrogen-bond donors (Lipinski definition) is 1. The summed E-state index contributed by atoms with van der Waals surface area (Å²) in [7, 11) is 0. The Labute approximate surface area is 158 Å². The van der Waals surface area contributed by atoms with Crippen molar-refractivity contribution < 1.29 is 9.18 Å². The minimum absolute atomic E-state index is 0.0901. The Kier molecular flexibility index (Phi) is 4.92. The number of nitrogens with zero attached hydrogens (tertiary/aromatic N) is 2. The van der Waals surface area contributed by atoms with Crippen molar-refractivity contribution in [3.8, 4) is 0 Å². The molecular formula is C22H22FN3O.